The predicted molar refractivity (Wildman–Crippen MR) is 90.4 cm³/mol. The number of hydrogen-bond acceptors (Lipinski definition) is 1. The number of furan rings is 1. The molecule has 0 spiro atoms. The number of H-pyrrole nitrogens is 1. The van der Waals surface area contributed by atoms with Crippen LogP contribution in [0, 0.1) is 0 Å². The van der Waals surface area contributed by atoms with Crippen molar-refractivity contribution in [3.63, 3.8) is 0 Å². The van der Waals surface area contributed by atoms with Crippen LogP contribution in [-0.4, -0.2) is 4.98 Å². The minimum Gasteiger partial charge on any atom is -0.455 e. The predicted octanol–water partition coefficient (Wildman–Crippen LogP) is 5.74. The molecule has 0 amide bonds. The smallest absolute Gasteiger partial charge is 0.145 e. The summed E-state index contributed by atoms with van der Waals surface area (Å²) in [4.78, 5) is 3.41. The maximum atomic E-state index is 6.12. The zero-order valence-corrected chi connectivity index (χ0v) is 11.8. The number of aromatic amines is 1. The quantitative estimate of drug-likeness (QED) is 0.495. The fourth-order valence-corrected chi connectivity index (χ4v) is 3.01. The zero-order valence-electron chi connectivity index (χ0n) is 11.8. The molecule has 0 bridgehead atoms. The Morgan fingerprint density at radius 3 is 2.76 bits per heavy atom. The average Bonchev–Trinajstić information content (AvgIpc) is 3.05. The summed E-state index contributed by atoms with van der Waals surface area (Å²) in [6.07, 6.45) is 5.99. The Labute approximate surface area is 122 Å². The molecule has 0 aliphatic heterocycles. The molecule has 21 heavy (non-hydrogen) atoms. The fraction of sp³-hybridized carbons (Fsp3) is 0.0526. The van der Waals surface area contributed by atoms with Gasteiger partial charge in [-0.15, -0.1) is 0 Å². The maximum Gasteiger partial charge on any atom is 0.145 e. The second-order valence-corrected chi connectivity index (χ2v) is 5.12. The largest absolute Gasteiger partial charge is 0.455 e. The van der Waals surface area contributed by atoms with Crippen molar-refractivity contribution in [1.29, 1.82) is 0 Å². The van der Waals surface area contributed by atoms with Gasteiger partial charge >= 0.3 is 0 Å². The number of fused-ring (bicyclic) bond motifs is 5. The van der Waals surface area contributed by atoms with E-state index in [4.69, 9.17) is 4.42 Å². The van der Waals surface area contributed by atoms with E-state index in [1.54, 1.807) is 0 Å². The van der Waals surface area contributed by atoms with Crippen molar-refractivity contribution in [3.8, 4) is 0 Å². The van der Waals surface area contributed by atoms with Crippen LogP contribution in [0.25, 0.3) is 45.0 Å². The third-order valence-electron chi connectivity index (χ3n) is 3.91. The Morgan fingerprint density at radius 1 is 1.10 bits per heavy atom. The van der Waals surface area contributed by atoms with Crippen LogP contribution in [-0.2, 0) is 0 Å². The van der Waals surface area contributed by atoms with E-state index < -0.39 is 0 Å². The molecule has 0 aliphatic carbocycles. The summed E-state index contributed by atoms with van der Waals surface area (Å²) in [6.45, 7) is 5.91. The minimum atomic E-state index is 0.924. The van der Waals surface area contributed by atoms with Gasteiger partial charge in [0.1, 0.15) is 11.2 Å². The van der Waals surface area contributed by atoms with Crippen LogP contribution in [0.2, 0.25) is 0 Å². The monoisotopic (exact) mass is 273 g/mol. The van der Waals surface area contributed by atoms with E-state index in [2.05, 4.69) is 35.8 Å². The highest BCUT2D eigenvalue weighted by molar-refractivity contribution is 6.17. The molecule has 4 rings (SSSR count). The highest BCUT2D eigenvalue weighted by Gasteiger charge is 2.15. The van der Waals surface area contributed by atoms with E-state index in [-0.39, 0.29) is 0 Å². The van der Waals surface area contributed by atoms with Gasteiger partial charge in [-0.1, -0.05) is 36.9 Å². The standard InChI is InChI=1S/C19H15NO/c1-3-7-14-15(4-2)20-16-11-10-13-12-8-5-6-9-17(12)21-19(13)18(14)16/h3-11,20H,2H2,1H3/b7-3-. The van der Waals surface area contributed by atoms with Crippen molar-refractivity contribution < 1.29 is 4.42 Å². The molecule has 2 nitrogen and oxygen atoms in total. The van der Waals surface area contributed by atoms with Crippen molar-refractivity contribution >= 4 is 45.0 Å². The molecule has 4 aromatic rings. The van der Waals surface area contributed by atoms with Gasteiger partial charge in [0.2, 0.25) is 0 Å². The van der Waals surface area contributed by atoms with Crippen molar-refractivity contribution in [1.82, 2.24) is 4.98 Å². The summed E-state index contributed by atoms with van der Waals surface area (Å²) < 4.78 is 6.12. The van der Waals surface area contributed by atoms with E-state index in [9.17, 15) is 0 Å². The molecule has 0 atom stereocenters. The lowest BCUT2D eigenvalue weighted by molar-refractivity contribution is 0.672. The SMILES string of the molecule is C=Cc1[nH]c2ccc3c4ccccc4oc3c2c1/C=C\C. The van der Waals surface area contributed by atoms with E-state index in [0.717, 1.165) is 44.1 Å². The van der Waals surface area contributed by atoms with Crippen LogP contribution in [0.1, 0.15) is 18.2 Å². The van der Waals surface area contributed by atoms with Crippen LogP contribution in [0.3, 0.4) is 0 Å². The van der Waals surface area contributed by atoms with Gasteiger partial charge < -0.3 is 9.40 Å². The lowest BCUT2D eigenvalue weighted by Gasteiger charge is -1.95. The van der Waals surface area contributed by atoms with Gasteiger partial charge in [0, 0.05) is 22.0 Å². The molecule has 0 saturated heterocycles. The highest BCUT2D eigenvalue weighted by Crippen LogP contribution is 2.37. The number of allylic oxidation sites excluding steroid dienone is 1. The molecule has 2 aromatic carbocycles. The Bertz CT molecular complexity index is 1010. The molecule has 0 radical (unpaired) electrons. The first-order valence-electron chi connectivity index (χ1n) is 7.04. The molecule has 0 saturated carbocycles. The highest BCUT2D eigenvalue weighted by atomic mass is 16.3. The van der Waals surface area contributed by atoms with Gasteiger partial charge in [0.05, 0.1) is 10.9 Å². The van der Waals surface area contributed by atoms with Gasteiger partial charge in [-0.05, 0) is 31.2 Å². The first-order chi connectivity index (χ1) is 10.3. The Kier molecular flexibility index (Phi) is 2.51. The molecule has 102 valence electrons. The van der Waals surface area contributed by atoms with E-state index >= 15 is 0 Å². The Hall–Kier alpha value is -2.74. The summed E-state index contributed by atoms with van der Waals surface area (Å²) in [5.41, 5.74) is 5.09. The topological polar surface area (TPSA) is 28.9 Å². The lowest BCUT2D eigenvalue weighted by atomic mass is 10.1. The van der Waals surface area contributed by atoms with Crippen LogP contribution in [0.4, 0.5) is 0 Å². The van der Waals surface area contributed by atoms with E-state index in [1.807, 2.05) is 37.3 Å². The molecule has 0 unspecified atom stereocenters. The van der Waals surface area contributed by atoms with Crippen LogP contribution in [0.5, 0.6) is 0 Å². The van der Waals surface area contributed by atoms with E-state index in [1.165, 1.54) is 0 Å². The molecule has 1 N–H and O–H groups in total. The molecular formula is C19H15NO. The lowest BCUT2D eigenvalue weighted by Crippen LogP contribution is -1.74. The molecule has 0 aliphatic rings. The van der Waals surface area contributed by atoms with Crippen molar-refractivity contribution in [2.24, 2.45) is 0 Å². The third kappa shape index (κ3) is 1.59. The normalized spacial score (nSPS) is 12.0. The summed E-state index contributed by atoms with van der Waals surface area (Å²) >= 11 is 0. The van der Waals surface area contributed by atoms with E-state index in [0.29, 0.717) is 0 Å². The van der Waals surface area contributed by atoms with Crippen LogP contribution < -0.4 is 0 Å². The number of rotatable bonds is 2. The maximum absolute atomic E-state index is 6.12. The third-order valence-corrected chi connectivity index (χ3v) is 3.91. The van der Waals surface area contributed by atoms with Gasteiger partial charge in [-0.3, -0.25) is 0 Å². The molecular weight excluding hydrogens is 258 g/mol. The number of nitrogens with one attached hydrogen (secondary N) is 1. The van der Waals surface area contributed by atoms with Crippen LogP contribution >= 0.6 is 0 Å². The van der Waals surface area contributed by atoms with Crippen molar-refractivity contribution in [2.45, 2.75) is 6.92 Å². The van der Waals surface area contributed by atoms with Crippen molar-refractivity contribution in [2.75, 3.05) is 0 Å². The second kappa shape index (κ2) is 4.38. The minimum absolute atomic E-state index is 0.924. The van der Waals surface area contributed by atoms with Gasteiger partial charge in [0.15, 0.2) is 0 Å². The van der Waals surface area contributed by atoms with Gasteiger partial charge in [-0.2, -0.15) is 0 Å². The van der Waals surface area contributed by atoms with Gasteiger partial charge in [0.25, 0.3) is 0 Å². The molecule has 2 heterocycles. The second-order valence-electron chi connectivity index (χ2n) is 5.12. The Balaban J connectivity index is 2.27. The first-order valence-corrected chi connectivity index (χ1v) is 7.04. The fourth-order valence-electron chi connectivity index (χ4n) is 3.01. The molecule has 0 fully saturated rings. The number of hydrogen-bond donors (Lipinski definition) is 1. The molecule has 2 heteroatoms. The van der Waals surface area contributed by atoms with Gasteiger partial charge in [-0.25, -0.2) is 0 Å². The summed E-state index contributed by atoms with van der Waals surface area (Å²) in [5.74, 6) is 0. The van der Waals surface area contributed by atoms with Crippen molar-refractivity contribution in [3.05, 3.63) is 60.3 Å². The first kappa shape index (κ1) is 12.0. The summed E-state index contributed by atoms with van der Waals surface area (Å²) in [6, 6.07) is 12.4. The number of aromatic nitrogens is 1. The average molecular weight is 273 g/mol. The Morgan fingerprint density at radius 2 is 1.95 bits per heavy atom. The molecule has 2 aromatic heterocycles. The zero-order chi connectivity index (χ0) is 14.4. The number of para-hydroxylation sites is 1. The van der Waals surface area contributed by atoms with Crippen LogP contribution in [0.15, 0.2) is 53.5 Å². The number of benzene rings is 2. The summed E-state index contributed by atoms with van der Waals surface area (Å²) in [7, 11) is 0. The summed E-state index contributed by atoms with van der Waals surface area (Å²) in [5, 5.41) is 3.43.